The molecule has 0 unspecified atom stereocenters. The maximum Gasteiger partial charge on any atom is 0.128 e. The van der Waals surface area contributed by atoms with Gasteiger partial charge in [-0.1, -0.05) is 63.5 Å². The van der Waals surface area contributed by atoms with Gasteiger partial charge < -0.3 is 5.11 Å². The molecular weight excluding hydrogens is 442 g/mol. The first-order chi connectivity index (χ1) is 11.4. The average molecular weight is 467 g/mol. The lowest BCUT2D eigenvalue weighted by atomic mass is 9.79. The number of aromatic hydroxyl groups is 1. The van der Waals surface area contributed by atoms with E-state index in [0.717, 1.165) is 25.8 Å². The van der Waals surface area contributed by atoms with E-state index < -0.39 is 0 Å². The van der Waals surface area contributed by atoms with Crippen molar-refractivity contribution in [1.29, 1.82) is 0 Å². The van der Waals surface area contributed by atoms with Crippen molar-refractivity contribution in [1.82, 2.24) is 0 Å². The average Bonchev–Trinajstić information content (AvgIpc) is 2.45. The first-order valence-electron chi connectivity index (χ1n) is 8.26. The Kier molecular flexibility index (Phi) is 5.85. The quantitative estimate of drug-likeness (QED) is 0.464. The van der Waals surface area contributed by atoms with Crippen LogP contribution >= 0.6 is 31.9 Å². The summed E-state index contributed by atoms with van der Waals surface area (Å²) in [6, 6.07) is 9.98. The van der Waals surface area contributed by atoms with Crippen LogP contribution in [0.15, 0.2) is 44.3 Å². The van der Waals surface area contributed by atoms with Crippen molar-refractivity contribution in [2.75, 3.05) is 0 Å². The summed E-state index contributed by atoms with van der Waals surface area (Å²) in [4.78, 5) is 4.57. The molecule has 0 aliphatic heterocycles. The zero-order valence-electron chi connectivity index (χ0n) is 15.6. The molecular formula is C21H25Br2NO. The highest BCUT2D eigenvalue weighted by Crippen LogP contribution is 2.37. The molecule has 2 rings (SSSR count). The lowest BCUT2D eigenvalue weighted by Gasteiger charge is -2.27. The zero-order valence-corrected chi connectivity index (χ0v) is 18.8. The summed E-state index contributed by atoms with van der Waals surface area (Å²) in [7, 11) is 0. The fourth-order valence-corrected chi connectivity index (χ4v) is 3.63. The highest BCUT2D eigenvalue weighted by atomic mass is 79.9. The van der Waals surface area contributed by atoms with Gasteiger partial charge in [0.25, 0.3) is 0 Å². The maximum absolute atomic E-state index is 10.8. The molecule has 2 nitrogen and oxygen atoms in total. The van der Waals surface area contributed by atoms with Crippen LogP contribution in [0.2, 0.25) is 0 Å². The minimum Gasteiger partial charge on any atom is -0.507 e. The highest BCUT2D eigenvalue weighted by molar-refractivity contribution is 9.11. The van der Waals surface area contributed by atoms with E-state index >= 15 is 0 Å². The van der Waals surface area contributed by atoms with Crippen LogP contribution in [0, 0.1) is 0 Å². The van der Waals surface area contributed by atoms with Gasteiger partial charge in [-0.15, -0.1) is 0 Å². The van der Waals surface area contributed by atoms with Crippen LogP contribution < -0.4 is 0 Å². The third-order valence-electron chi connectivity index (χ3n) is 4.07. The largest absolute Gasteiger partial charge is 0.507 e. The van der Waals surface area contributed by atoms with Crippen molar-refractivity contribution >= 4 is 43.8 Å². The van der Waals surface area contributed by atoms with Gasteiger partial charge in [0.1, 0.15) is 5.75 Å². The van der Waals surface area contributed by atoms with Crippen LogP contribution in [0.3, 0.4) is 0 Å². The molecule has 0 aliphatic rings. The van der Waals surface area contributed by atoms with Crippen LogP contribution in [0.5, 0.6) is 5.75 Å². The third kappa shape index (κ3) is 4.95. The van der Waals surface area contributed by atoms with Crippen molar-refractivity contribution in [2.45, 2.75) is 52.4 Å². The number of hydrogen-bond acceptors (Lipinski definition) is 2. The normalized spacial score (nSPS) is 12.8. The van der Waals surface area contributed by atoms with E-state index in [1.165, 1.54) is 5.56 Å². The number of phenols is 1. The number of rotatable bonds is 2. The minimum atomic E-state index is -0.147. The minimum absolute atomic E-state index is 0.00547. The number of hydrogen-bond donors (Lipinski definition) is 1. The number of halogens is 2. The van der Waals surface area contributed by atoms with E-state index in [-0.39, 0.29) is 10.8 Å². The standard InChI is InChI=1S/C21H25Br2NO/c1-20(2,3)14-9-13(19(25)16(10-14)21(4,5)6)12-24-18-8-7-15(22)11-17(18)23/h7-12,25H,1-6H3. The number of nitrogens with zero attached hydrogens (tertiary/aromatic N) is 1. The van der Waals surface area contributed by atoms with Crippen molar-refractivity contribution in [2.24, 2.45) is 4.99 Å². The van der Waals surface area contributed by atoms with Gasteiger partial charge in [-0.25, -0.2) is 0 Å². The van der Waals surface area contributed by atoms with E-state index in [0.29, 0.717) is 5.75 Å². The Hall–Kier alpha value is -1.13. The topological polar surface area (TPSA) is 32.6 Å². The monoisotopic (exact) mass is 465 g/mol. The van der Waals surface area contributed by atoms with E-state index in [1.54, 1.807) is 6.21 Å². The Bertz CT molecular complexity index is 812. The number of aliphatic imine (C=N–C) groups is 1. The molecule has 0 amide bonds. The van der Waals surface area contributed by atoms with Crippen LogP contribution in [0.1, 0.15) is 58.2 Å². The second-order valence-electron chi connectivity index (χ2n) is 8.32. The van der Waals surface area contributed by atoms with Gasteiger partial charge in [0, 0.05) is 26.3 Å². The molecule has 25 heavy (non-hydrogen) atoms. The van der Waals surface area contributed by atoms with Crippen molar-refractivity contribution in [3.05, 3.63) is 56.0 Å². The van der Waals surface area contributed by atoms with Gasteiger partial charge in [0.2, 0.25) is 0 Å². The molecule has 0 aromatic heterocycles. The molecule has 0 fully saturated rings. The molecule has 2 aromatic carbocycles. The third-order valence-corrected chi connectivity index (χ3v) is 5.19. The molecule has 0 heterocycles. The van der Waals surface area contributed by atoms with E-state index in [4.69, 9.17) is 0 Å². The fourth-order valence-electron chi connectivity index (χ4n) is 2.49. The van der Waals surface area contributed by atoms with Gasteiger partial charge in [0.05, 0.1) is 5.69 Å². The number of benzene rings is 2. The Labute approximate surface area is 167 Å². The fraction of sp³-hybridized carbons (Fsp3) is 0.381. The SMILES string of the molecule is CC(C)(C)c1cc(C=Nc2ccc(Br)cc2Br)c(O)c(C(C)(C)C)c1. The van der Waals surface area contributed by atoms with Crippen molar-refractivity contribution in [3.63, 3.8) is 0 Å². The molecule has 0 bridgehead atoms. The zero-order chi connectivity index (χ0) is 19.0. The molecule has 0 saturated carbocycles. The Morgan fingerprint density at radius 1 is 0.920 bits per heavy atom. The molecule has 0 radical (unpaired) electrons. The molecule has 1 N–H and O–H groups in total. The van der Waals surface area contributed by atoms with Gasteiger partial charge in [-0.05, 0) is 56.6 Å². The molecule has 4 heteroatoms. The molecule has 0 saturated heterocycles. The van der Waals surface area contributed by atoms with Gasteiger partial charge >= 0.3 is 0 Å². The first-order valence-corrected chi connectivity index (χ1v) is 9.85. The van der Waals surface area contributed by atoms with E-state index in [2.05, 4.69) is 84.5 Å². The number of phenolic OH excluding ortho intramolecular Hbond substituents is 1. The van der Waals surface area contributed by atoms with Gasteiger partial charge in [-0.2, -0.15) is 0 Å². The van der Waals surface area contributed by atoms with Gasteiger partial charge in [0.15, 0.2) is 0 Å². The van der Waals surface area contributed by atoms with Crippen molar-refractivity contribution in [3.8, 4) is 5.75 Å². The van der Waals surface area contributed by atoms with Crippen molar-refractivity contribution < 1.29 is 5.11 Å². The smallest absolute Gasteiger partial charge is 0.128 e. The molecule has 0 atom stereocenters. The van der Waals surface area contributed by atoms with Crippen LogP contribution in [-0.2, 0) is 10.8 Å². The molecule has 0 spiro atoms. The van der Waals surface area contributed by atoms with Gasteiger partial charge in [-0.3, -0.25) is 4.99 Å². The van der Waals surface area contributed by atoms with Crippen LogP contribution in [0.4, 0.5) is 5.69 Å². The maximum atomic E-state index is 10.8. The lowest BCUT2D eigenvalue weighted by molar-refractivity contribution is 0.444. The summed E-state index contributed by atoms with van der Waals surface area (Å²) < 4.78 is 1.89. The Morgan fingerprint density at radius 3 is 2.08 bits per heavy atom. The summed E-state index contributed by atoms with van der Waals surface area (Å²) in [6.07, 6.45) is 1.74. The van der Waals surface area contributed by atoms with E-state index in [9.17, 15) is 5.11 Å². The predicted octanol–water partition coefficient (Wildman–Crippen LogP) is 7.26. The van der Waals surface area contributed by atoms with Crippen LogP contribution in [-0.4, -0.2) is 11.3 Å². The highest BCUT2D eigenvalue weighted by Gasteiger charge is 2.24. The molecule has 134 valence electrons. The summed E-state index contributed by atoms with van der Waals surface area (Å²) in [5.74, 6) is 0.303. The summed E-state index contributed by atoms with van der Waals surface area (Å²) in [5.41, 5.74) is 3.54. The lowest BCUT2D eigenvalue weighted by Crippen LogP contribution is -2.17. The summed E-state index contributed by atoms with van der Waals surface area (Å²) in [5, 5.41) is 10.8. The van der Waals surface area contributed by atoms with Crippen LogP contribution in [0.25, 0.3) is 0 Å². The Balaban J connectivity index is 2.58. The first kappa shape index (κ1) is 20.2. The Morgan fingerprint density at radius 2 is 1.56 bits per heavy atom. The second kappa shape index (κ2) is 7.24. The summed E-state index contributed by atoms with van der Waals surface area (Å²) >= 11 is 6.97. The molecule has 0 aliphatic carbocycles. The summed E-state index contributed by atoms with van der Waals surface area (Å²) in [6.45, 7) is 12.9. The van der Waals surface area contributed by atoms with E-state index in [1.807, 2.05) is 24.3 Å². The molecule has 2 aromatic rings. The second-order valence-corrected chi connectivity index (χ2v) is 10.1. The predicted molar refractivity (Wildman–Crippen MR) is 115 cm³/mol.